The zero-order valence-electron chi connectivity index (χ0n) is 11.0. The third kappa shape index (κ3) is 1.39. The fraction of sp³-hybridized carbons (Fsp3) is 0.667. The van der Waals surface area contributed by atoms with Gasteiger partial charge in [-0.15, -0.1) is 0 Å². The van der Waals surface area contributed by atoms with E-state index in [-0.39, 0.29) is 0 Å². The summed E-state index contributed by atoms with van der Waals surface area (Å²) in [6.45, 7) is 2.03. The second-order valence-electron chi connectivity index (χ2n) is 6.18. The van der Waals surface area contributed by atoms with Gasteiger partial charge in [-0.05, 0) is 55.9 Å². The Morgan fingerprint density at radius 1 is 1.28 bits per heavy atom. The molecule has 3 fully saturated rings. The number of methoxy groups -OCH3 is 1. The van der Waals surface area contributed by atoms with Crippen LogP contribution >= 0.6 is 0 Å². The summed E-state index contributed by atoms with van der Waals surface area (Å²) in [4.78, 5) is 4.29. The van der Waals surface area contributed by atoms with Gasteiger partial charge < -0.3 is 10.1 Å². The van der Waals surface area contributed by atoms with Crippen LogP contribution in [-0.4, -0.2) is 18.1 Å². The molecule has 1 aromatic rings. The fourth-order valence-electron chi connectivity index (χ4n) is 4.52. The molecule has 1 N–H and O–H groups in total. The van der Waals surface area contributed by atoms with Gasteiger partial charge in [-0.3, -0.25) is 4.98 Å². The van der Waals surface area contributed by atoms with Gasteiger partial charge in [0.2, 0.25) is 0 Å². The lowest BCUT2D eigenvalue weighted by Gasteiger charge is -2.14. The van der Waals surface area contributed by atoms with E-state index in [0.717, 1.165) is 40.8 Å². The highest BCUT2D eigenvalue weighted by atomic mass is 16.5. The van der Waals surface area contributed by atoms with E-state index >= 15 is 0 Å². The van der Waals surface area contributed by atoms with Crippen LogP contribution in [0.15, 0.2) is 12.3 Å². The monoisotopic (exact) mass is 244 g/mol. The summed E-state index contributed by atoms with van der Waals surface area (Å²) >= 11 is 0. The van der Waals surface area contributed by atoms with Crippen molar-refractivity contribution in [2.24, 2.45) is 23.7 Å². The van der Waals surface area contributed by atoms with E-state index < -0.39 is 0 Å². The lowest BCUT2D eigenvalue weighted by molar-refractivity contribution is 0.413. The molecule has 3 heteroatoms. The zero-order chi connectivity index (χ0) is 12.3. The largest absolute Gasteiger partial charge is 0.493 e. The summed E-state index contributed by atoms with van der Waals surface area (Å²) in [5.41, 5.74) is 2.18. The number of hydrogen-bond donors (Lipinski definition) is 1. The van der Waals surface area contributed by atoms with E-state index in [2.05, 4.69) is 16.4 Å². The Labute approximate surface area is 108 Å². The molecule has 3 nitrogen and oxygen atoms in total. The Kier molecular flexibility index (Phi) is 2.14. The first kappa shape index (κ1) is 10.7. The molecule has 4 rings (SSSR count). The first-order valence-corrected chi connectivity index (χ1v) is 7.05. The van der Waals surface area contributed by atoms with Crippen molar-refractivity contribution in [1.29, 1.82) is 0 Å². The van der Waals surface area contributed by atoms with Crippen LogP contribution < -0.4 is 10.1 Å². The van der Waals surface area contributed by atoms with Crippen LogP contribution in [0, 0.1) is 30.6 Å². The van der Waals surface area contributed by atoms with Crippen molar-refractivity contribution in [2.45, 2.75) is 32.2 Å². The third-order valence-corrected chi connectivity index (χ3v) is 5.28. The smallest absolute Gasteiger partial charge is 0.160 e. The number of fused-ring (bicyclic) bond motifs is 5. The van der Waals surface area contributed by atoms with E-state index in [9.17, 15) is 0 Å². The van der Waals surface area contributed by atoms with Crippen molar-refractivity contribution in [3.8, 4) is 5.75 Å². The first-order valence-electron chi connectivity index (χ1n) is 7.05. The van der Waals surface area contributed by atoms with Gasteiger partial charge in [-0.25, -0.2) is 0 Å². The lowest BCUT2D eigenvalue weighted by atomic mass is 10.0. The third-order valence-electron chi connectivity index (χ3n) is 5.28. The van der Waals surface area contributed by atoms with E-state index in [1.165, 1.54) is 19.3 Å². The second kappa shape index (κ2) is 3.62. The van der Waals surface area contributed by atoms with Crippen molar-refractivity contribution in [3.63, 3.8) is 0 Å². The predicted molar refractivity (Wildman–Crippen MR) is 70.7 cm³/mol. The molecule has 96 valence electrons. The maximum absolute atomic E-state index is 5.40. The summed E-state index contributed by atoms with van der Waals surface area (Å²) < 4.78 is 5.40. The van der Waals surface area contributed by atoms with Gasteiger partial charge in [0, 0.05) is 11.7 Å². The molecule has 4 unspecified atom stereocenters. The van der Waals surface area contributed by atoms with Crippen molar-refractivity contribution < 1.29 is 4.74 Å². The highest BCUT2D eigenvalue weighted by Gasteiger charge is 2.65. The Hall–Kier alpha value is -1.25. The fourth-order valence-corrected chi connectivity index (χ4v) is 4.52. The van der Waals surface area contributed by atoms with Gasteiger partial charge in [0.1, 0.15) is 0 Å². The van der Waals surface area contributed by atoms with Gasteiger partial charge in [-0.1, -0.05) is 0 Å². The number of ether oxygens (including phenoxy) is 1. The number of pyridine rings is 1. The minimum atomic E-state index is 0.701. The number of aromatic nitrogens is 1. The predicted octanol–water partition coefficient (Wildman–Crippen LogP) is 2.86. The summed E-state index contributed by atoms with van der Waals surface area (Å²) in [7, 11) is 1.72. The van der Waals surface area contributed by atoms with Crippen LogP contribution in [0.1, 0.15) is 25.0 Å². The molecule has 0 aromatic carbocycles. The zero-order valence-corrected chi connectivity index (χ0v) is 11.0. The Bertz CT molecular complexity index is 471. The average Bonchev–Trinajstić information content (AvgIpc) is 2.78. The second-order valence-corrected chi connectivity index (χ2v) is 6.18. The molecule has 3 aliphatic carbocycles. The van der Waals surface area contributed by atoms with E-state index in [0.29, 0.717) is 6.04 Å². The van der Waals surface area contributed by atoms with E-state index in [4.69, 9.17) is 4.74 Å². The van der Waals surface area contributed by atoms with Crippen molar-refractivity contribution in [2.75, 3.05) is 12.4 Å². The average molecular weight is 244 g/mol. The summed E-state index contributed by atoms with van der Waals surface area (Å²) in [5, 5.41) is 3.71. The van der Waals surface area contributed by atoms with Gasteiger partial charge in [0.25, 0.3) is 0 Å². The van der Waals surface area contributed by atoms with Crippen molar-refractivity contribution in [1.82, 2.24) is 4.98 Å². The van der Waals surface area contributed by atoms with Gasteiger partial charge in [0.05, 0.1) is 19.0 Å². The number of nitrogens with zero attached hydrogens (tertiary/aromatic N) is 1. The molecule has 3 saturated carbocycles. The summed E-state index contributed by atoms with van der Waals surface area (Å²) in [6, 6.07) is 2.81. The standard InChI is InChI=1S/C15H20N2O/c1-8-5-11(12(18-2)7-16-8)17-15-13-9-3-4-10(6-9)14(13)15/h5,7,9-10,13-15H,3-4,6H2,1-2H3,(H,16,17). The maximum atomic E-state index is 5.40. The highest BCUT2D eigenvalue weighted by Crippen LogP contribution is 2.66. The lowest BCUT2D eigenvalue weighted by Crippen LogP contribution is -2.13. The Morgan fingerprint density at radius 2 is 2.00 bits per heavy atom. The number of hydrogen-bond acceptors (Lipinski definition) is 3. The van der Waals surface area contributed by atoms with Crippen LogP contribution in [0.5, 0.6) is 5.75 Å². The molecule has 0 radical (unpaired) electrons. The molecule has 0 saturated heterocycles. The number of aryl methyl sites for hydroxylation is 1. The molecule has 1 heterocycles. The summed E-state index contributed by atoms with van der Waals surface area (Å²) in [5.74, 6) is 4.78. The van der Waals surface area contributed by atoms with Gasteiger partial charge in [0.15, 0.2) is 5.75 Å². The van der Waals surface area contributed by atoms with E-state index in [1.807, 2.05) is 13.1 Å². The molecule has 1 aromatic heterocycles. The van der Waals surface area contributed by atoms with E-state index in [1.54, 1.807) is 7.11 Å². The highest BCUT2D eigenvalue weighted by molar-refractivity contribution is 5.58. The molecule has 0 spiro atoms. The summed E-state index contributed by atoms with van der Waals surface area (Å²) in [6.07, 6.45) is 6.26. The Balaban J connectivity index is 1.55. The molecule has 0 aliphatic heterocycles. The SMILES string of the molecule is COc1cnc(C)cc1NC1C2C3CCC(C3)C12. The molecule has 0 amide bonds. The maximum Gasteiger partial charge on any atom is 0.160 e. The van der Waals surface area contributed by atoms with Crippen LogP contribution in [-0.2, 0) is 0 Å². The molecular formula is C15H20N2O. The molecule has 4 atom stereocenters. The normalized spacial score (nSPS) is 39.6. The van der Waals surface area contributed by atoms with Crippen molar-refractivity contribution in [3.05, 3.63) is 18.0 Å². The quantitative estimate of drug-likeness (QED) is 0.887. The molecule has 3 aliphatic rings. The van der Waals surface area contributed by atoms with Gasteiger partial charge >= 0.3 is 0 Å². The van der Waals surface area contributed by atoms with Crippen molar-refractivity contribution >= 4 is 5.69 Å². The first-order chi connectivity index (χ1) is 8.78. The number of anilines is 1. The number of nitrogens with one attached hydrogen (secondary N) is 1. The minimum Gasteiger partial charge on any atom is -0.493 e. The van der Waals surface area contributed by atoms with Crippen LogP contribution in [0.3, 0.4) is 0 Å². The van der Waals surface area contributed by atoms with Crippen LogP contribution in [0.4, 0.5) is 5.69 Å². The number of rotatable bonds is 3. The van der Waals surface area contributed by atoms with Crippen LogP contribution in [0.2, 0.25) is 0 Å². The molecule has 18 heavy (non-hydrogen) atoms. The Morgan fingerprint density at radius 3 is 2.67 bits per heavy atom. The van der Waals surface area contributed by atoms with Gasteiger partial charge in [-0.2, -0.15) is 0 Å². The molecule has 2 bridgehead atoms. The topological polar surface area (TPSA) is 34.1 Å². The molecular weight excluding hydrogens is 224 g/mol. The van der Waals surface area contributed by atoms with Crippen LogP contribution in [0.25, 0.3) is 0 Å². The minimum absolute atomic E-state index is 0.701.